The van der Waals surface area contributed by atoms with Crippen LogP contribution in [0.3, 0.4) is 0 Å². The molecule has 0 aliphatic carbocycles. The first-order chi connectivity index (χ1) is 32.9. The third-order valence-electron chi connectivity index (χ3n) is 12.5. The molecule has 0 saturated heterocycles. The Labute approximate surface area is 420 Å². The third-order valence-corrected chi connectivity index (χ3v) is 13.5. The molecular weight excluding hydrogens is 868 g/mol. The Balaban J connectivity index is 5.39. The average molecular weight is 977 g/mol. The minimum absolute atomic E-state index is 0.0253. The van der Waals surface area contributed by atoms with Gasteiger partial charge in [-0.1, -0.05) is 224 Å². The molecule has 398 valence electrons. The molecule has 3 unspecified atom stereocenters. The summed E-state index contributed by atoms with van der Waals surface area (Å²) in [5.74, 6) is -0.561. The number of hydrogen-bond donors (Lipinski definition) is 1. The highest BCUT2D eigenvalue weighted by Crippen LogP contribution is 2.38. The van der Waals surface area contributed by atoms with Crippen molar-refractivity contribution in [3.05, 3.63) is 48.6 Å². The molecule has 0 fully saturated rings. The van der Waals surface area contributed by atoms with E-state index in [0.29, 0.717) is 23.9 Å². The number of allylic oxidation sites excluding steroid dienone is 7. The number of phosphoric ester groups is 1. The van der Waals surface area contributed by atoms with Crippen molar-refractivity contribution in [2.45, 2.75) is 270 Å². The van der Waals surface area contributed by atoms with Crippen LogP contribution in [-0.4, -0.2) is 69.4 Å². The standard InChI is InChI=1S/C58H109N2O7P/c1-7-10-13-16-19-22-25-28-29-30-31-33-36-39-42-45-48-51-58(62)67-56(49-46-43-40-37-34-27-24-21-18-15-12-9-3)55(54-66-68(63,64)65-53-52-60(4,5)6)59-57(61)50-47-44-41-38-35-32-26-23-20-17-14-11-8-2/h19,22,28-29,31,33,46,49,55-56H,7-18,20-21,23-27,30,32,34-45,47-48,50-54H2,1-6H3,(H-,59,61,63,64)/b22-19-,29-28-,33-31-,49-46+. The van der Waals surface area contributed by atoms with E-state index in [1.165, 1.54) is 141 Å². The highest BCUT2D eigenvalue weighted by atomic mass is 31.2. The van der Waals surface area contributed by atoms with Gasteiger partial charge in [0.05, 0.1) is 33.8 Å². The van der Waals surface area contributed by atoms with Crippen molar-refractivity contribution in [2.75, 3.05) is 40.9 Å². The van der Waals surface area contributed by atoms with Crippen LogP contribution in [0.1, 0.15) is 258 Å². The van der Waals surface area contributed by atoms with Gasteiger partial charge in [0.2, 0.25) is 5.91 Å². The zero-order valence-corrected chi connectivity index (χ0v) is 46.2. The highest BCUT2D eigenvalue weighted by molar-refractivity contribution is 7.45. The second kappa shape index (κ2) is 48.6. The quantitative estimate of drug-likeness (QED) is 0.0212. The van der Waals surface area contributed by atoms with E-state index in [1.54, 1.807) is 0 Å². The van der Waals surface area contributed by atoms with Gasteiger partial charge in [-0.05, 0) is 70.3 Å². The van der Waals surface area contributed by atoms with Crippen molar-refractivity contribution >= 4 is 19.7 Å². The van der Waals surface area contributed by atoms with E-state index in [0.717, 1.165) is 77.0 Å². The van der Waals surface area contributed by atoms with E-state index in [2.05, 4.69) is 62.5 Å². The number of amides is 1. The predicted molar refractivity (Wildman–Crippen MR) is 289 cm³/mol. The predicted octanol–water partition coefficient (Wildman–Crippen LogP) is 16.3. The molecule has 0 saturated carbocycles. The van der Waals surface area contributed by atoms with E-state index in [-0.39, 0.29) is 24.9 Å². The number of ether oxygens (including phenoxy) is 1. The second-order valence-electron chi connectivity index (χ2n) is 20.4. The van der Waals surface area contributed by atoms with E-state index in [1.807, 2.05) is 33.3 Å². The summed E-state index contributed by atoms with van der Waals surface area (Å²) in [7, 11) is 1.18. The summed E-state index contributed by atoms with van der Waals surface area (Å²) in [6, 6.07) is -0.893. The van der Waals surface area contributed by atoms with Crippen molar-refractivity contribution < 1.29 is 37.3 Å². The molecule has 0 aromatic carbocycles. The summed E-state index contributed by atoms with van der Waals surface area (Å²) < 4.78 is 30.2. The number of likely N-dealkylation sites (N-methyl/N-ethyl adjacent to an activating group) is 1. The molecule has 0 aromatic rings. The van der Waals surface area contributed by atoms with Crippen LogP contribution in [0.25, 0.3) is 0 Å². The summed E-state index contributed by atoms with van der Waals surface area (Å²) in [6.45, 7) is 6.80. The maximum Gasteiger partial charge on any atom is 0.306 e. The normalized spacial score (nSPS) is 14.2. The van der Waals surface area contributed by atoms with Crippen LogP contribution in [0.2, 0.25) is 0 Å². The molecular formula is C58H109N2O7P. The first-order valence-electron chi connectivity index (χ1n) is 28.4. The molecule has 0 heterocycles. The van der Waals surface area contributed by atoms with Crippen LogP contribution in [0.4, 0.5) is 0 Å². The van der Waals surface area contributed by atoms with Gasteiger partial charge >= 0.3 is 5.97 Å². The summed E-state index contributed by atoms with van der Waals surface area (Å²) >= 11 is 0. The number of quaternary nitrogens is 1. The number of nitrogens with zero attached hydrogens (tertiary/aromatic N) is 1. The van der Waals surface area contributed by atoms with E-state index >= 15 is 0 Å². The van der Waals surface area contributed by atoms with Gasteiger partial charge in [-0.3, -0.25) is 14.2 Å². The second-order valence-corrected chi connectivity index (χ2v) is 21.9. The number of carbonyl (C=O) groups excluding carboxylic acids is 2. The van der Waals surface area contributed by atoms with Gasteiger partial charge < -0.3 is 28.5 Å². The number of esters is 1. The summed E-state index contributed by atoms with van der Waals surface area (Å²) in [5, 5.41) is 3.01. The van der Waals surface area contributed by atoms with Crippen LogP contribution in [-0.2, 0) is 27.9 Å². The van der Waals surface area contributed by atoms with E-state index < -0.39 is 26.6 Å². The number of phosphoric acid groups is 1. The molecule has 0 spiro atoms. The minimum Gasteiger partial charge on any atom is -0.756 e. The Morgan fingerprint density at radius 1 is 0.515 bits per heavy atom. The Bertz CT molecular complexity index is 1310. The molecule has 0 bridgehead atoms. The summed E-state index contributed by atoms with van der Waals surface area (Å²) in [6.07, 6.45) is 57.8. The first-order valence-corrected chi connectivity index (χ1v) is 29.9. The lowest BCUT2D eigenvalue weighted by atomic mass is 10.0. The molecule has 1 amide bonds. The van der Waals surface area contributed by atoms with Crippen LogP contribution >= 0.6 is 7.82 Å². The largest absolute Gasteiger partial charge is 0.756 e. The molecule has 0 aliphatic rings. The van der Waals surface area contributed by atoms with Gasteiger partial charge in [-0.25, -0.2) is 0 Å². The zero-order valence-electron chi connectivity index (χ0n) is 45.3. The Hall–Kier alpha value is -2.03. The number of hydrogen-bond acceptors (Lipinski definition) is 7. The van der Waals surface area contributed by atoms with Gasteiger partial charge in [0.25, 0.3) is 7.82 Å². The maximum atomic E-state index is 13.5. The van der Waals surface area contributed by atoms with Gasteiger partial charge in [0, 0.05) is 12.8 Å². The first kappa shape index (κ1) is 66.0. The number of nitrogens with one attached hydrogen (secondary N) is 1. The summed E-state index contributed by atoms with van der Waals surface area (Å²) in [5.41, 5.74) is 0. The average Bonchev–Trinajstić information content (AvgIpc) is 3.29. The monoisotopic (exact) mass is 977 g/mol. The maximum absolute atomic E-state index is 13.5. The molecule has 9 nitrogen and oxygen atoms in total. The number of rotatable bonds is 51. The molecule has 0 aromatic heterocycles. The molecule has 3 atom stereocenters. The fraction of sp³-hybridized carbons (Fsp3) is 0.828. The van der Waals surface area contributed by atoms with Crippen molar-refractivity contribution in [2.24, 2.45) is 0 Å². The van der Waals surface area contributed by atoms with E-state index in [9.17, 15) is 19.0 Å². The Morgan fingerprint density at radius 2 is 0.897 bits per heavy atom. The topological polar surface area (TPSA) is 114 Å². The lowest BCUT2D eigenvalue weighted by Crippen LogP contribution is -2.47. The fourth-order valence-electron chi connectivity index (χ4n) is 8.06. The van der Waals surface area contributed by atoms with Gasteiger partial charge in [-0.15, -0.1) is 0 Å². The SMILES string of the molecule is CCCCC/C=C\C/C=C\C/C=C\CCCCCCC(=O)OC(/C=C/CCCCCCCCCCCC)C(COP(=O)([O-])OCC[N+](C)(C)C)NC(=O)CCCCCCCCCCCCCCC. The summed E-state index contributed by atoms with van der Waals surface area (Å²) in [4.78, 5) is 39.8. The van der Waals surface area contributed by atoms with Gasteiger partial charge in [0.1, 0.15) is 19.3 Å². The molecule has 0 radical (unpaired) electrons. The molecule has 68 heavy (non-hydrogen) atoms. The van der Waals surface area contributed by atoms with Crippen LogP contribution in [0, 0.1) is 0 Å². The van der Waals surface area contributed by atoms with Crippen molar-refractivity contribution in [3.8, 4) is 0 Å². The zero-order chi connectivity index (χ0) is 50.1. The number of unbranched alkanes of at least 4 members (excludes halogenated alkanes) is 29. The minimum atomic E-state index is -4.69. The van der Waals surface area contributed by atoms with Crippen LogP contribution in [0.15, 0.2) is 48.6 Å². The van der Waals surface area contributed by atoms with Crippen molar-refractivity contribution in [3.63, 3.8) is 0 Å². The lowest BCUT2D eigenvalue weighted by molar-refractivity contribution is -0.870. The third kappa shape index (κ3) is 49.0. The lowest BCUT2D eigenvalue weighted by Gasteiger charge is -2.30. The van der Waals surface area contributed by atoms with Crippen LogP contribution in [0.5, 0.6) is 0 Å². The molecule has 10 heteroatoms. The highest BCUT2D eigenvalue weighted by Gasteiger charge is 2.27. The number of carbonyl (C=O) groups is 2. The van der Waals surface area contributed by atoms with E-state index in [4.69, 9.17) is 13.8 Å². The molecule has 0 aliphatic heterocycles. The smallest absolute Gasteiger partial charge is 0.306 e. The van der Waals surface area contributed by atoms with Crippen molar-refractivity contribution in [1.29, 1.82) is 0 Å². The fourth-order valence-corrected chi connectivity index (χ4v) is 8.78. The Morgan fingerprint density at radius 3 is 1.37 bits per heavy atom. The molecule has 1 N–H and O–H groups in total. The Kier molecular flexibility index (Phi) is 47.1. The van der Waals surface area contributed by atoms with Crippen LogP contribution < -0.4 is 10.2 Å². The van der Waals surface area contributed by atoms with Gasteiger partial charge in [0.15, 0.2) is 0 Å². The van der Waals surface area contributed by atoms with Gasteiger partial charge in [-0.2, -0.15) is 0 Å². The van der Waals surface area contributed by atoms with Crippen molar-refractivity contribution in [1.82, 2.24) is 5.32 Å². The molecule has 0 rings (SSSR count).